The van der Waals surface area contributed by atoms with Crippen LogP contribution in [0.25, 0.3) is 0 Å². The molecule has 1 aliphatic rings. The maximum atomic E-state index is 12.7. The smallest absolute Gasteiger partial charge is 0.326 e. The highest BCUT2D eigenvalue weighted by atomic mass is 35.5. The van der Waals surface area contributed by atoms with Gasteiger partial charge in [0.25, 0.3) is 0 Å². The molecule has 0 spiro atoms. The average molecular weight is 322 g/mol. The number of rotatable bonds is 1. The van der Waals surface area contributed by atoms with Crippen LogP contribution in [-0.2, 0) is 6.18 Å². The fourth-order valence-corrected chi connectivity index (χ4v) is 2.35. The van der Waals surface area contributed by atoms with E-state index in [1.54, 1.807) is 0 Å². The summed E-state index contributed by atoms with van der Waals surface area (Å²) in [6.07, 6.45) is -2.89. The molecule has 3 N–H and O–H groups in total. The Hall–Kier alpha value is -1.47. The van der Waals surface area contributed by atoms with Gasteiger partial charge in [0.15, 0.2) is 0 Å². The van der Waals surface area contributed by atoms with Gasteiger partial charge in [-0.3, -0.25) is 0 Å². The minimum absolute atomic E-state index is 0.0534. The lowest BCUT2D eigenvalue weighted by atomic mass is 10.1. The fourth-order valence-electron chi connectivity index (χ4n) is 2.19. The summed E-state index contributed by atoms with van der Waals surface area (Å²) in [5.41, 5.74) is 4.85. The summed E-state index contributed by atoms with van der Waals surface area (Å²) in [7, 11) is 0. The van der Waals surface area contributed by atoms with Gasteiger partial charge in [-0.05, 0) is 31.0 Å². The van der Waals surface area contributed by atoms with E-state index in [0.29, 0.717) is 13.1 Å². The highest BCUT2D eigenvalue weighted by molar-refractivity contribution is 6.33. The minimum atomic E-state index is -4.49. The minimum Gasteiger partial charge on any atom is -0.326 e. The number of hydrogen-bond donors (Lipinski definition) is 2. The standard InChI is InChI=1S/C13H15ClF3N3O/c14-10-4-3-8(13(15,16)17)6-11(10)19-12(21)20-5-1-2-9(18)7-20/h3-4,6,9H,1-2,5,7,18H2,(H,19,21)/t9-/m0/s1. The quantitative estimate of drug-likeness (QED) is 0.833. The number of likely N-dealkylation sites (tertiary alicyclic amines) is 1. The molecule has 0 radical (unpaired) electrons. The third-order valence-corrected chi connectivity index (χ3v) is 3.61. The van der Waals surface area contributed by atoms with Crippen LogP contribution < -0.4 is 11.1 Å². The molecule has 1 atom stereocenters. The number of alkyl halides is 3. The molecule has 2 amide bonds. The van der Waals surface area contributed by atoms with Crippen LogP contribution in [0.1, 0.15) is 18.4 Å². The molecular weight excluding hydrogens is 307 g/mol. The molecule has 1 fully saturated rings. The van der Waals surface area contributed by atoms with Gasteiger partial charge in [0.1, 0.15) is 0 Å². The molecule has 2 rings (SSSR count). The largest absolute Gasteiger partial charge is 0.416 e. The van der Waals surface area contributed by atoms with Crippen molar-refractivity contribution in [2.24, 2.45) is 5.73 Å². The predicted octanol–water partition coefficient (Wildman–Crippen LogP) is 3.31. The van der Waals surface area contributed by atoms with Crippen molar-refractivity contribution in [1.82, 2.24) is 4.90 Å². The Kier molecular flexibility index (Phi) is 4.63. The van der Waals surface area contributed by atoms with Gasteiger partial charge in [0, 0.05) is 19.1 Å². The molecule has 0 saturated carbocycles. The van der Waals surface area contributed by atoms with E-state index in [1.807, 2.05) is 0 Å². The topological polar surface area (TPSA) is 58.4 Å². The number of nitrogens with zero attached hydrogens (tertiary/aromatic N) is 1. The summed E-state index contributed by atoms with van der Waals surface area (Å²) in [6, 6.07) is 2.20. The van der Waals surface area contributed by atoms with E-state index < -0.39 is 17.8 Å². The second kappa shape index (κ2) is 6.11. The molecule has 21 heavy (non-hydrogen) atoms. The molecule has 1 aliphatic heterocycles. The van der Waals surface area contributed by atoms with Crippen LogP contribution in [0, 0.1) is 0 Å². The second-order valence-corrected chi connectivity index (χ2v) is 5.38. The van der Waals surface area contributed by atoms with E-state index in [4.69, 9.17) is 17.3 Å². The lowest BCUT2D eigenvalue weighted by molar-refractivity contribution is -0.137. The molecule has 4 nitrogen and oxygen atoms in total. The maximum Gasteiger partial charge on any atom is 0.416 e. The molecule has 8 heteroatoms. The highest BCUT2D eigenvalue weighted by Crippen LogP contribution is 2.33. The Bertz CT molecular complexity index is 536. The van der Waals surface area contributed by atoms with Crippen molar-refractivity contribution in [2.45, 2.75) is 25.1 Å². The van der Waals surface area contributed by atoms with E-state index >= 15 is 0 Å². The zero-order valence-corrected chi connectivity index (χ0v) is 11.8. The van der Waals surface area contributed by atoms with Crippen molar-refractivity contribution in [3.05, 3.63) is 28.8 Å². The van der Waals surface area contributed by atoms with E-state index in [0.717, 1.165) is 31.0 Å². The third-order valence-electron chi connectivity index (χ3n) is 3.28. The first kappa shape index (κ1) is 15.9. The normalized spacial score (nSPS) is 19.5. The van der Waals surface area contributed by atoms with Gasteiger partial charge in [-0.25, -0.2) is 4.79 Å². The molecule has 0 aliphatic carbocycles. The van der Waals surface area contributed by atoms with Crippen LogP contribution in [0.2, 0.25) is 5.02 Å². The molecule has 1 saturated heterocycles. The van der Waals surface area contributed by atoms with Crippen molar-refractivity contribution < 1.29 is 18.0 Å². The Morgan fingerprint density at radius 2 is 2.14 bits per heavy atom. The summed E-state index contributed by atoms with van der Waals surface area (Å²) in [5.74, 6) is 0. The first-order valence-corrected chi connectivity index (χ1v) is 6.83. The van der Waals surface area contributed by atoms with Crippen LogP contribution >= 0.6 is 11.6 Å². The summed E-state index contributed by atoms with van der Waals surface area (Å²) in [6.45, 7) is 0.901. The van der Waals surface area contributed by atoms with Crippen molar-refractivity contribution in [1.29, 1.82) is 0 Å². The number of anilines is 1. The number of urea groups is 1. The maximum absolute atomic E-state index is 12.7. The highest BCUT2D eigenvalue weighted by Gasteiger charge is 2.31. The Morgan fingerprint density at radius 1 is 1.43 bits per heavy atom. The van der Waals surface area contributed by atoms with Crippen molar-refractivity contribution in [2.75, 3.05) is 18.4 Å². The summed E-state index contributed by atoms with van der Waals surface area (Å²) in [5, 5.41) is 2.47. The van der Waals surface area contributed by atoms with Crippen molar-refractivity contribution >= 4 is 23.3 Å². The number of nitrogens with one attached hydrogen (secondary N) is 1. The Labute approximate surface area is 125 Å². The third kappa shape index (κ3) is 4.01. The number of nitrogens with two attached hydrogens (primary N) is 1. The number of amides is 2. The van der Waals surface area contributed by atoms with Gasteiger partial charge in [-0.1, -0.05) is 11.6 Å². The Balaban J connectivity index is 2.13. The molecule has 1 aromatic carbocycles. The summed E-state index contributed by atoms with van der Waals surface area (Å²) < 4.78 is 38.0. The number of benzene rings is 1. The number of carbonyl (C=O) groups excluding carboxylic acids is 1. The van der Waals surface area contributed by atoms with Gasteiger partial charge >= 0.3 is 12.2 Å². The second-order valence-electron chi connectivity index (χ2n) is 4.97. The van der Waals surface area contributed by atoms with E-state index in [1.165, 1.54) is 4.90 Å². The number of halogens is 4. The first-order chi connectivity index (χ1) is 9.77. The molecular formula is C13H15ClF3N3O. The lowest BCUT2D eigenvalue weighted by Gasteiger charge is -2.30. The molecule has 0 bridgehead atoms. The molecule has 116 valence electrons. The Morgan fingerprint density at radius 3 is 2.76 bits per heavy atom. The van der Waals surface area contributed by atoms with Crippen molar-refractivity contribution in [3.8, 4) is 0 Å². The monoisotopic (exact) mass is 321 g/mol. The van der Waals surface area contributed by atoms with Crippen LogP contribution in [0.15, 0.2) is 18.2 Å². The first-order valence-electron chi connectivity index (χ1n) is 6.45. The number of carbonyl (C=O) groups is 1. The van der Waals surface area contributed by atoms with Gasteiger partial charge < -0.3 is 16.0 Å². The molecule has 1 aromatic rings. The van der Waals surface area contributed by atoms with Gasteiger partial charge in [0.2, 0.25) is 0 Å². The zero-order valence-electron chi connectivity index (χ0n) is 11.1. The SMILES string of the molecule is N[C@H]1CCCN(C(=O)Nc2cc(C(F)(F)F)ccc2Cl)C1. The summed E-state index contributed by atoms with van der Waals surface area (Å²) >= 11 is 5.83. The van der Waals surface area contributed by atoms with E-state index in [9.17, 15) is 18.0 Å². The zero-order chi connectivity index (χ0) is 15.6. The van der Waals surface area contributed by atoms with Gasteiger partial charge in [0.05, 0.1) is 16.3 Å². The number of piperidine rings is 1. The molecule has 0 aromatic heterocycles. The van der Waals surface area contributed by atoms with Crippen molar-refractivity contribution in [3.63, 3.8) is 0 Å². The molecule has 0 unspecified atom stereocenters. The van der Waals surface area contributed by atoms with Crippen LogP contribution in [0.4, 0.5) is 23.7 Å². The fraction of sp³-hybridized carbons (Fsp3) is 0.462. The van der Waals surface area contributed by atoms with E-state index in [-0.39, 0.29) is 16.8 Å². The van der Waals surface area contributed by atoms with Crippen LogP contribution in [0.3, 0.4) is 0 Å². The molecule has 1 heterocycles. The van der Waals surface area contributed by atoms with Gasteiger partial charge in [-0.15, -0.1) is 0 Å². The van der Waals surface area contributed by atoms with Crippen LogP contribution in [0.5, 0.6) is 0 Å². The lowest BCUT2D eigenvalue weighted by Crippen LogP contribution is -2.47. The predicted molar refractivity (Wildman–Crippen MR) is 74.3 cm³/mol. The number of hydrogen-bond acceptors (Lipinski definition) is 2. The van der Waals surface area contributed by atoms with Crippen LogP contribution in [-0.4, -0.2) is 30.1 Å². The van der Waals surface area contributed by atoms with Gasteiger partial charge in [-0.2, -0.15) is 13.2 Å². The van der Waals surface area contributed by atoms with E-state index in [2.05, 4.69) is 5.32 Å². The summed E-state index contributed by atoms with van der Waals surface area (Å²) in [4.78, 5) is 13.5. The average Bonchev–Trinajstić information content (AvgIpc) is 2.40.